The van der Waals surface area contributed by atoms with Crippen LogP contribution in [-0.2, 0) is 4.79 Å². The quantitative estimate of drug-likeness (QED) is 0.790. The number of carbonyl (C=O) groups is 1. The van der Waals surface area contributed by atoms with Crippen LogP contribution in [0, 0.1) is 5.92 Å². The van der Waals surface area contributed by atoms with Gasteiger partial charge in [0.1, 0.15) is 0 Å². The van der Waals surface area contributed by atoms with E-state index in [-0.39, 0.29) is 12.6 Å². The third kappa shape index (κ3) is 4.83. The molecule has 0 spiro atoms. The van der Waals surface area contributed by atoms with E-state index in [1.165, 1.54) is 0 Å². The van der Waals surface area contributed by atoms with E-state index in [4.69, 9.17) is 5.11 Å². The Morgan fingerprint density at radius 3 is 2.62 bits per heavy atom. The fourth-order valence-corrected chi connectivity index (χ4v) is 2.02. The average Bonchev–Trinajstić information content (AvgIpc) is 2.16. The molecule has 6 heteroatoms. The summed E-state index contributed by atoms with van der Waals surface area (Å²) in [6.07, 6.45) is -2.41. The van der Waals surface area contributed by atoms with Crippen LogP contribution in [0.15, 0.2) is 0 Å². The standard InChI is InChI=1S/C10H16F3NO2/c11-10(12,13)4-5-14-8-3-1-2-7(6-8)9(15)16/h7-8,14H,1-6H2,(H,15,16). The van der Waals surface area contributed by atoms with E-state index in [9.17, 15) is 18.0 Å². The lowest BCUT2D eigenvalue weighted by Crippen LogP contribution is -2.37. The van der Waals surface area contributed by atoms with Crippen molar-refractivity contribution in [2.24, 2.45) is 5.92 Å². The molecule has 0 amide bonds. The van der Waals surface area contributed by atoms with Gasteiger partial charge in [0.25, 0.3) is 0 Å². The van der Waals surface area contributed by atoms with Gasteiger partial charge in [-0.2, -0.15) is 13.2 Å². The van der Waals surface area contributed by atoms with E-state index in [1.807, 2.05) is 0 Å². The molecular weight excluding hydrogens is 223 g/mol. The Labute approximate surface area is 92.0 Å². The van der Waals surface area contributed by atoms with Crippen LogP contribution in [0.25, 0.3) is 0 Å². The molecule has 0 aliphatic heterocycles. The molecule has 2 N–H and O–H groups in total. The van der Waals surface area contributed by atoms with Crippen LogP contribution >= 0.6 is 0 Å². The minimum absolute atomic E-state index is 0.0859. The van der Waals surface area contributed by atoms with Crippen LogP contribution in [0.1, 0.15) is 32.1 Å². The van der Waals surface area contributed by atoms with E-state index < -0.39 is 24.5 Å². The third-order valence-electron chi connectivity index (χ3n) is 2.86. The lowest BCUT2D eigenvalue weighted by molar-refractivity contribution is -0.143. The Balaban J connectivity index is 2.24. The second-order valence-electron chi connectivity index (χ2n) is 4.22. The first-order valence-corrected chi connectivity index (χ1v) is 5.41. The van der Waals surface area contributed by atoms with Crippen molar-refractivity contribution in [2.45, 2.75) is 44.3 Å². The highest BCUT2D eigenvalue weighted by atomic mass is 19.4. The van der Waals surface area contributed by atoms with Crippen LogP contribution < -0.4 is 5.32 Å². The maximum absolute atomic E-state index is 11.9. The van der Waals surface area contributed by atoms with Crippen molar-refractivity contribution in [2.75, 3.05) is 6.54 Å². The number of halogens is 3. The highest BCUT2D eigenvalue weighted by Gasteiger charge is 2.29. The lowest BCUT2D eigenvalue weighted by atomic mass is 9.86. The number of carboxylic acids is 1. The molecule has 1 aliphatic rings. The molecular formula is C10H16F3NO2. The van der Waals surface area contributed by atoms with Gasteiger partial charge in [-0.05, 0) is 19.3 Å². The molecule has 2 unspecified atom stereocenters. The molecule has 1 rings (SSSR count). The van der Waals surface area contributed by atoms with Crippen LogP contribution in [0.4, 0.5) is 13.2 Å². The molecule has 1 saturated carbocycles. The Morgan fingerprint density at radius 2 is 2.06 bits per heavy atom. The van der Waals surface area contributed by atoms with E-state index >= 15 is 0 Å². The minimum atomic E-state index is -4.14. The van der Waals surface area contributed by atoms with Crippen molar-refractivity contribution < 1.29 is 23.1 Å². The van der Waals surface area contributed by atoms with Gasteiger partial charge < -0.3 is 10.4 Å². The fourth-order valence-electron chi connectivity index (χ4n) is 2.02. The number of alkyl halides is 3. The summed E-state index contributed by atoms with van der Waals surface area (Å²) >= 11 is 0. The largest absolute Gasteiger partial charge is 0.481 e. The smallest absolute Gasteiger partial charge is 0.390 e. The number of carboxylic acid groups (broad SMARTS) is 1. The van der Waals surface area contributed by atoms with Gasteiger partial charge in [0.2, 0.25) is 0 Å². The van der Waals surface area contributed by atoms with E-state index in [0.29, 0.717) is 12.8 Å². The summed E-state index contributed by atoms with van der Waals surface area (Å²) in [5.41, 5.74) is 0. The SMILES string of the molecule is O=C(O)C1CCCC(NCCC(F)(F)F)C1. The summed E-state index contributed by atoms with van der Waals surface area (Å²) in [5, 5.41) is 11.6. The number of aliphatic carboxylic acids is 1. The predicted molar refractivity (Wildman–Crippen MR) is 52.1 cm³/mol. The Kier molecular flexibility index (Phi) is 4.58. The summed E-state index contributed by atoms with van der Waals surface area (Å²) in [7, 11) is 0. The first-order chi connectivity index (χ1) is 7.38. The van der Waals surface area contributed by atoms with Gasteiger partial charge in [0.05, 0.1) is 12.3 Å². The molecule has 1 aliphatic carbocycles. The first kappa shape index (κ1) is 13.3. The molecule has 2 atom stereocenters. The van der Waals surface area contributed by atoms with Crippen LogP contribution in [0.2, 0.25) is 0 Å². The molecule has 0 aromatic heterocycles. The number of nitrogens with one attached hydrogen (secondary N) is 1. The summed E-state index contributed by atoms with van der Waals surface area (Å²) in [6.45, 7) is -0.124. The highest BCUT2D eigenvalue weighted by Crippen LogP contribution is 2.25. The second kappa shape index (κ2) is 5.52. The lowest BCUT2D eigenvalue weighted by Gasteiger charge is -2.27. The summed E-state index contributed by atoms with van der Waals surface area (Å²) < 4.78 is 35.6. The summed E-state index contributed by atoms with van der Waals surface area (Å²) in [6, 6.07) is -0.0859. The maximum atomic E-state index is 11.9. The molecule has 0 radical (unpaired) electrons. The van der Waals surface area contributed by atoms with Crippen molar-refractivity contribution in [1.82, 2.24) is 5.32 Å². The highest BCUT2D eigenvalue weighted by molar-refractivity contribution is 5.70. The van der Waals surface area contributed by atoms with Gasteiger partial charge >= 0.3 is 12.1 Å². The molecule has 0 aromatic carbocycles. The van der Waals surface area contributed by atoms with Crippen molar-refractivity contribution in [3.8, 4) is 0 Å². The molecule has 3 nitrogen and oxygen atoms in total. The van der Waals surface area contributed by atoms with Gasteiger partial charge in [0, 0.05) is 12.6 Å². The molecule has 0 aromatic rings. The normalized spacial score (nSPS) is 26.7. The minimum Gasteiger partial charge on any atom is -0.481 e. The predicted octanol–water partition coefficient (Wildman–Crippen LogP) is 2.17. The Hall–Kier alpha value is -0.780. The van der Waals surface area contributed by atoms with Gasteiger partial charge in [0.15, 0.2) is 0 Å². The van der Waals surface area contributed by atoms with Gasteiger partial charge in [-0.3, -0.25) is 4.79 Å². The number of hydrogen-bond acceptors (Lipinski definition) is 2. The zero-order chi connectivity index (χ0) is 12.2. The Bertz CT molecular complexity index is 243. The number of rotatable bonds is 4. The van der Waals surface area contributed by atoms with E-state index in [0.717, 1.165) is 12.8 Å². The van der Waals surface area contributed by atoms with Crippen LogP contribution in [0.3, 0.4) is 0 Å². The van der Waals surface area contributed by atoms with Crippen molar-refractivity contribution >= 4 is 5.97 Å². The zero-order valence-corrected chi connectivity index (χ0v) is 8.89. The van der Waals surface area contributed by atoms with Crippen molar-refractivity contribution in [1.29, 1.82) is 0 Å². The fraction of sp³-hybridized carbons (Fsp3) is 0.900. The summed E-state index contributed by atoms with van der Waals surface area (Å²) in [5.74, 6) is -1.25. The molecule has 0 saturated heterocycles. The van der Waals surface area contributed by atoms with Crippen LogP contribution in [-0.4, -0.2) is 29.8 Å². The molecule has 0 bridgehead atoms. The van der Waals surface area contributed by atoms with Gasteiger partial charge in [-0.1, -0.05) is 6.42 Å². The maximum Gasteiger partial charge on any atom is 0.390 e. The van der Waals surface area contributed by atoms with E-state index in [1.54, 1.807) is 0 Å². The summed E-state index contributed by atoms with van der Waals surface area (Å²) in [4.78, 5) is 10.7. The monoisotopic (exact) mass is 239 g/mol. The second-order valence-corrected chi connectivity index (χ2v) is 4.22. The zero-order valence-electron chi connectivity index (χ0n) is 8.89. The first-order valence-electron chi connectivity index (χ1n) is 5.41. The Morgan fingerprint density at radius 1 is 1.38 bits per heavy atom. The van der Waals surface area contributed by atoms with Crippen LogP contribution in [0.5, 0.6) is 0 Å². The topological polar surface area (TPSA) is 49.3 Å². The van der Waals surface area contributed by atoms with Gasteiger partial charge in [-0.15, -0.1) is 0 Å². The van der Waals surface area contributed by atoms with Gasteiger partial charge in [-0.25, -0.2) is 0 Å². The third-order valence-corrected chi connectivity index (χ3v) is 2.86. The van der Waals surface area contributed by atoms with Crippen molar-refractivity contribution in [3.05, 3.63) is 0 Å². The average molecular weight is 239 g/mol. The van der Waals surface area contributed by atoms with Crippen molar-refractivity contribution in [3.63, 3.8) is 0 Å². The molecule has 16 heavy (non-hydrogen) atoms. The number of hydrogen-bond donors (Lipinski definition) is 2. The molecule has 94 valence electrons. The molecule has 1 fully saturated rings. The molecule has 0 heterocycles. The van der Waals surface area contributed by atoms with E-state index in [2.05, 4.69) is 5.32 Å².